The first-order chi connectivity index (χ1) is 12.7. The number of nitrogens with one attached hydrogen (secondary N) is 3. The van der Waals surface area contributed by atoms with E-state index in [2.05, 4.69) is 14.8 Å². The molecule has 1 amide bonds. The molecule has 0 saturated heterocycles. The summed E-state index contributed by atoms with van der Waals surface area (Å²) in [6, 6.07) is 6.68. The van der Waals surface area contributed by atoms with Crippen LogP contribution in [0.4, 0.5) is 11.4 Å². The number of carbonyl (C=O) groups excluding carboxylic acids is 1. The van der Waals surface area contributed by atoms with Gasteiger partial charge in [0.05, 0.1) is 15.7 Å². The molecule has 0 aliphatic rings. The van der Waals surface area contributed by atoms with Crippen LogP contribution < -0.4 is 14.8 Å². The van der Waals surface area contributed by atoms with Gasteiger partial charge in [0, 0.05) is 18.7 Å². The predicted octanol–water partition coefficient (Wildman–Crippen LogP) is 4.00. The van der Waals surface area contributed by atoms with Gasteiger partial charge in [-0.2, -0.15) is 0 Å². The first kappa shape index (κ1) is 24.7. The van der Waals surface area contributed by atoms with Crippen LogP contribution in [0.5, 0.6) is 0 Å². The molecule has 0 aliphatic carbocycles. The molecule has 28 heavy (non-hydrogen) atoms. The van der Waals surface area contributed by atoms with E-state index in [0.717, 1.165) is 0 Å². The zero-order valence-corrected chi connectivity index (χ0v) is 18.8. The van der Waals surface area contributed by atoms with E-state index < -0.39 is 30.8 Å². The molecule has 10 heteroatoms. The first-order valence-corrected chi connectivity index (χ1v) is 12.3. The lowest BCUT2D eigenvalue weighted by Gasteiger charge is -2.44. The van der Waals surface area contributed by atoms with Gasteiger partial charge in [0.1, 0.15) is 0 Å². The Bertz CT molecular complexity index is 741. The molecule has 8 nitrogen and oxygen atoms in total. The van der Waals surface area contributed by atoms with Crippen LogP contribution in [0.3, 0.4) is 0 Å². The molecular weight excluding hydrogens is 402 g/mol. The second-order valence-corrected chi connectivity index (χ2v) is 12.7. The van der Waals surface area contributed by atoms with Crippen molar-refractivity contribution in [2.45, 2.75) is 63.9 Å². The van der Waals surface area contributed by atoms with Crippen molar-refractivity contribution in [2.75, 3.05) is 16.6 Å². The fourth-order valence-electron chi connectivity index (χ4n) is 1.95. The molecule has 0 saturated carbocycles. The molecule has 162 valence electrons. The Morgan fingerprint density at radius 1 is 1.04 bits per heavy atom. The summed E-state index contributed by atoms with van der Waals surface area (Å²) in [5, 5.41) is 2.29. The standard InChI is InChI=1S/C18H33N3O5S2/c1-14(2)27(23,24)19-13-7-6-8-17(22)20-15-9-11-16(12-10-15)21-28(25,26)18(3,4)5/h9-12,14,19,21,25-26H,6-8,13H2,1-5H3,(H,20,22). The normalized spacial score (nSPS) is 13.4. The van der Waals surface area contributed by atoms with Gasteiger partial charge in [-0.15, -0.1) is 10.8 Å². The molecule has 1 aromatic rings. The van der Waals surface area contributed by atoms with Crippen LogP contribution in [0.1, 0.15) is 53.9 Å². The molecule has 0 fully saturated rings. The molecule has 0 atom stereocenters. The van der Waals surface area contributed by atoms with Crippen LogP contribution in [0.2, 0.25) is 0 Å². The first-order valence-electron chi connectivity index (χ1n) is 9.18. The quantitative estimate of drug-likeness (QED) is 0.353. The predicted molar refractivity (Wildman–Crippen MR) is 117 cm³/mol. The minimum Gasteiger partial charge on any atom is -0.326 e. The van der Waals surface area contributed by atoms with Crippen LogP contribution in [0.15, 0.2) is 24.3 Å². The third kappa shape index (κ3) is 7.96. The largest absolute Gasteiger partial charge is 0.326 e. The van der Waals surface area contributed by atoms with Gasteiger partial charge in [0.2, 0.25) is 15.9 Å². The number of benzene rings is 1. The third-order valence-corrected chi connectivity index (χ3v) is 8.11. The summed E-state index contributed by atoms with van der Waals surface area (Å²) in [6.07, 6.45) is 1.43. The molecule has 0 unspecified atom stereocenters. The molecule has 0 spiro atoms. The lowest BCUT2D eigenvalue weighted by Crippen LogP contribution is -2.31. The van der Waals surface area contributed by atoms with E-state index in [0.29, 0.717) is 30.8 Å². The van der Waals surface area contributed by atoms with Gasteiger partial charge in [-0.1, -0.05) is 0 Å². The topological polar surface area (TPSA) is 128 Å². The van der Waals surface area contributed by atoms with E-state index in [-0.39, 0.29) is 12.3 Å². The maximum absolute atomic E-state index is 12.0. The second-order valence-electron chi connectivity index (χ2n) is 7.83. The van der Waals surface area contributed by atoms with Crippen molar-refractivity contribution in [3.8, 4) is 0 Å². The number of carbonyl (C=O) groups is 1. The fraction of sp³-hybridized carbons (Fsp3) is 0.611. The summed E-state index contributed by atoms with van der Waals surface area (Å²) in [7, 11) is -6.27. The number of unbranched alkanes of at least 4 members (excludes halogenated alkanes) is 1. The van der Waals surface area contributed by atoms with Crippen molar-refractivity contribution in [1.82, 2.24) is 4.72 Å². The Balaban J connectivity index is 2.41. The minimum absolute atomic E-state index is 0.161. The van der Waals surface area contributed by atoms with Gasteiger partial charge in [0.25, 0.3) is 0 Å². The molecule has 5 N–H and O–H groups in total. The van der Waals surface area contributed by atoms with Crippen LogP contribution in [0, 0.1) is 0 Å². The molecule has 0 radical (unpaired) electrons. The van der Waals surface area contributed by atoms with E-state index in [4.69, 9.17) is 0 Å². The van der Waals surface area contributed by atoms with Crippen molar-refractivity contribution in [3.63, 3.8) is 0 Å². The van der Waals surface area contributed by atoms with E-state index in [1.807, 2.05) is 0 Å². The summed E-state index contributed by atoms with van der Waals surface area (Å²) in [4.78, 5) is 12.0. The minimum atomic E-state index is -3.26. The molecule has 0 aromatic heterocycles. The molecule has 1 rings (SSSR count). The zero-order chi connectivity index (χ0) is 21.6. The average Bonchev–Trinajstić information content (AvgIpc) is 2.54. The second kappa shape index (κ2) is 9.93. The van der Waals surface area contributed by atoms with Crippen molar-refractivity contribution in [1.29, 1.82) is 0 Å². The summed E-state index contributed by atoms with van der Waals surface area (Å²) >= 11 is 0. The summed E-state index contributed by atoms with van der Waals surface area (Å²) < 4.78 is 48.1. The van der Waals surface area contributed by atoms with E-state index in [1.165, 1.54) is 0 Å². The number of anilines is 2. The highest BCUT2D eigenvalue weighted by Crippen LogP contribution is 2.51. The number of sulfonamides is 1. The van der Waals surface area contributed by atoms with Crippen LogP contribution in [-0.2, 0) is 14.8 Å². The van der Waals surface area contributed by atoms with Gasteiger partial charge in [0.15, 0.2) is 0 Å². The monoisotopic (exact) mass is 435 g/mol. The summed E-state index contributed by atoms with van der Waals surface area (Å²) in [5.74, 6) is -0.161. The van der Waals surface area contributed by atoms with Crippen molar-refractivity contribution >= 4 is 38.1 Å². The van der Waals surface area contributed by atoms with Gasteiger partial charge in [-0.25, -0.2) is 13.1 Å². The number of hydrogen-bond donors (Lipinski definition) is 5. The highest BCUT2D eigenvalue weighted by molar-refractivity contribution is 8.26. The van der Waals surface area contributed by atoms with Gasteiger partial charge in [-0.3, -0.25) is 18.6 Å². The lowest BCUT2D eigenvalue weighted by molar-refractivity contribution is -0.116. The Labute approximate surface area is 170 Å². The Hall–Kier alpha value is -1.33. The number of amides is 1. The van der Waals surface area contributed by atoms with E-state index in [1.54, 1.807) is 58.9 Å². The SMILES string of the molecule is CC(C)S(=O)(=O)NCCCCC(=O)Nc1ccc(NS(O)(O)C(C)(C)C)cc1. The van der Waals surface area contributed by atoms with Crippen molar-refractivity contribution < 1.29 is 22.3 Å². The highest BCUT2D eigenvalue weighted by atomic mass is 32.3. The molecule has 0 heterocycles. The van der Waals surface area contributed by atoms with Crippen LogP contribution in [-0.4, -0.2) is 40.0 Å². The summed E-state index contributed by atoms with van der Waals surface area (Å²) in [6.45, 7) is 8.74. The molecular formula is C18H33N3O5S2. The maximum Gasteiger partial charge on any atom is 0.224 e. The zero-order valence-electron chi connectivity index (χ0n) is 17.2. The van der Waals surface area contributed by atoms with Crippen LogP contribution in [0.25, 0.3) is 0 Å². The average molecular weight is 436 g/mol. The Kier molecular flexibility index (Phi) is 8.76. The maximum atomic E-state index is 12.0. The third-order valence-electron chi connectivity index (χ3n) is 4.04. The van der Waals surface area contributed by atoms with Gasteiger partial charge < -0.3 is 5.32 Å². The Morgan fingerprint density at radius 2 is 1.57 bits per heavy atom. The lowest BCUT2D eigenvalue weighted by atomic mass is 10.2. The highest BCUT2D eigenvalue weighted by Gasteiger charge is 2.29. The van der Waals surface area contributed by atoms with Crippen LogP contribution >= 0.6 is 10.8 Å². The Morgan fingerprint density at radius 3 is 2.07 bits per heavy atom. The van der Waals surface area contributed by atoms with E-state index >= 15 is 0 Å². The van der Waals surface area contributed by atoms with Gasteiger partial charge in [-0.05, 0) is 71.7 Å². The van der Waals surface area contributed by atoms with Crippen molar-refractivity contribution in [3.05, 3.63) is 24.3 Å². The molecule has 0 bridgehead atoms. The van der Waals surface area contributed by atoms with Crippen molar-refractivity contribution in [2.24, 2.45) is 0 Å². The molecule has 1 aromatic carbocycles. The summed E-state index contributed by atoms with van der Waals surface area (Å²) in [5.41, 5.74) is 1.15. The number of rotatable bonds is 10. The van der Waals surface area contributed by atoms with E-state index in [9.17, 15) is 22.3 Å². The van der Waals surface area contributed by atoms with Gasteiger partial charge >= 0.3 is 0 Å². The fourth-order valence-corrected chi connectivity index (χ4v) is 3.49. The smallest absolute Gasteiger partial charge is 0.224 e. The number of hydrogen-bond acceptors (Lipinski definition) is 6. The molecule has 0 aliphatic heterocycles.